The van der Waals surface area contributed by atoms with E-state index in [1.165, 1.54) is 30.6 Å². The van der Waals surface area contributed by atoms with E-state index >= 15 is 4.79 Å². The average Bonchev–Trinajstić information content (AvgIpc) is 3.26. The van der Waals surface area contributed by atoms with E-state index in [0.29, 0.717) is 30.9 Å². The first-order valence-corrected chi connectivity index (χ1v) is 20.6. The number of esters is 2. The lowest BCUT2D eigenvalue weighted by molar-refractivity contribution is -0.180. The van der Waals surface area contributed by atoms with Crippen LogP contribution in [-0.2, 0) is 62.4 Å². The van der Waals surface area contributed by atoms with Gasteiger partial charge in [0.15, 0.2) is 12.3 Å². The van der Waals surface area contributed by atoms with Crippen LogP contribution < -0.4 is 15.4 Å². The SMILES string of the molecule is C#CCOC(C)(C)C(=O)OCN(C(=O)C(CCc1ccccc1)N(C(C)=O)C1CNCCO1)C(CC(C)C)C(=O)NC(Cc1ccccc1)C(=O)OCc1ccc(OC)cc1. The number of carbonyl (C=O) groups excluding carboxylic acids is 5. The molecule has 3 amide bonds. The number of morpholine rings is 1. The number of carbonyl (C=O) groups is 5. The Bertz CT molecular complexity index is 1910. The first-order valence-electron chi connectivity index (χ1n) is 20.6. The lowest BCUT2D eigenvalue weighted by Gasteiger charge is -2.42. The molecule has 14 heteroatoms. The van der Waals surface area contributed by atoms with Gasteiger partial charge in [-0.2, -0.15) is 0 Å². The van der Waals surface area contributed by atoms with Gasteiger partial charge in [-0.15, -0.1) is 6.42 Å². The van der Waals surface area contributed by atoms with Gasteiger partial charge in [-0.3, -0.25) is 19.3 Å². The Labute approximate surface area is 359 Å². The molecule has 3 aromatic rings. The van der Waals surface area contributed by atoms with Crippen molar-refractivity contribution in [3.8, 4) is 18.1 Å². The molecule has 0 bridgehead atoms. The summed E-state index contributed by atoms with van der Waals surface area (Å²) >= 11 is 0. The Morgan fingerprint density at radius 3 is 2.15 bits per heavy atom. The minimum absolute atomic E-state index is 0.0699. The van der Waals surface area contributed by atoms with Gasteiger partial charge in [0.25, 0.3) is 0 Å². The Morgan fingerprint density at radius 2 is 1.57 bits per heavy atom. The summed E-state index contributed by atoms with van der Waals surface area (Å²) in [6, 6.07) is 22.1. The Kier molecular flexibility index (Phi) is 18.8. The predicted molar refractivity (Wildman–Crippen MR) is 228 cm³/mol. The third kappa shape index (κ3) is 14.7. The fraction of sp³-hybridized carbons (Fsp3) is 0.468. The number of terminal acetylenes is 1. The van der Waals surface area contributed by atoms with Gasteiger partial charge in [-0.25, -0.2) is 9.59 Å². The van der Waals surface area contributed by atoms with Gasteiger partial charge in [0.2, 0.25) is 17.7 Å². The molecule has 2 N–H and O–H groups in total. The molecule has 0 radical (unpaired) electrons. The summed E-state index contributed by atoms with van der Waals surface area (Å²) < 4.78 is 28.4. The molecule has 1 heterocycles. The summed E-state index contributed by atoms with van der Waals surface area (Å²) in [6.45, 7) is 8.29. The van der Waals surface area contributed by atoms with Crippen LogP contribution in [0.25, 0.3) is 0 Å². The first-order chi connectivity index (χ1) is 29.2. The molecule has 0 aromatic heterocycles. The smallest absolute Gasteiger partial charge is 0.339 e. The average molecular weight is 841 g/mol. The number of methoxy groups -OCH3 is 1. The minimum Gasteiger partial charge on any atom is -0.497 e. The van der Waals surface area contributed by atoms with Crippen molar-refractivity contribution >= 4 is 29.7 Å². The maximum Gasteiger partial charge on any atom is 0.339 e. The number of nitrogens with zero attached hydrogens (tertiary/aromatic N) is 2. The van der Waals surface area contributed by atoms with Gasteiger partial charge < -0.3 is 39.2 Å². The van der Waals surface area contributed by atoms with E-state index in [-0.39, 0.29) is 44.9 Å². The molecule has 1 aliphatic rings. The number of amides is 3. The number of hydrogen-bond acceptors (Lipinski definition) is 11. The van der Waals surface area contributed by atoms with Gasteiger partial charge in [0.1, 0.15) is 43.3 Å². The lowest BCUT2D eigenvalue weighted by Crippen LogP contribution is -2.62. The monoisotopic (exact) mass is 840 g/mol. The molecule has 1 aliphatic heterocycles. The second-order valence-electron chi connectivity index (χ2n) is 15.7. The number of benzene rings is 3. The second kappa shape index (κ2) is 23.9. The van der Waals surface area contributed by atoms with E-state index in [2.05, 4.69) is 16.6 Å². The van der Waals surface area contributed by atoms with E-state index in [0.717, 1.165) is 11.1 Å². The van der Waals surface area contributed by atoms with Crippen LogP contribution >= 0.6 is 0 Å². The summed E-state index contributed by atoms with van der Waals surface area (Å²) in [5.41, 5.74) is 0.874. The maximum absolute atomic E-state index is 15.4. The van der Waals surface area contributed by atoms with Crippen molar-refractivity contribution in [1.82, 2.24) is 20.4 Å². The van der Waals surface area contributed by atoms with Gasteiger partial charge in [0, 0.05) is 26.4 Å². The van der Waals surface area contributed by atoms with Crippen molar-refractivity contribution in [3.05, 3.63) is 102 Å². The van der Waals surface area contributed by atoms with Crippen molar-refractivity contribution in [2.24, 2.45) is 5.92 Å². The summed E-state index contributed by atoms with van der Waals surface area (Å²) in [4.78, 5) is 73.8. The Balaban J connectivity index is 1.75. The molecule has 0 aliphatic carbocycles. The molecule has 14 nitrogen and oxygen atoms in total. The van der Waals surface area contributed by atoms with E-state index in [9.17, 15) is 19.2 Å². The van der Waals surface area contributed by atoms with E-state index in [1.54, 1.807) is 31.4 Å². The highest BCUT2D eigenvalue weighted by Gasteiger charge is 2.42. The lowest BCUT2D eigenvalue weighted by atomic mass is 9.97. The number of ether oxygens (including phenoxy) is 5. The van der Waals surface area contributed by atoms with Crippen LogP contribution in [0.3, 0.4) is 0 Å². The van der Waals surface area contributed by atoms with Crippen LogP contribution in [0, 0.1) is 18.3 Å². The molecule has 3 aromatic carbocycles. The van der Waals surface area contributed by atoms with Crippen molar-refractivity contribution < 1.29 is 47.7 Å². The third-order valence-electron chi connectivity index (χ3n) is 10.2. The van der Waals surface area contributed by atoms with Gasteiger partial charge >= 0.3 is 11.9 Å². The highest BCUT2D eigenvalue weighted by atomic mass is 16.6. The summed E-state index contributed by atoms with van der Waals surface area (Å²) in [5, 5.41) is 6.12. The van der Waals surface area contributed by atoms with Crippen molar-refractivity contribution in [2.45, 2.75) is 96.9 Å². The van der Waals surface area contributed by atoms with Crippen molar-refractivity contribution in [2.75, 3.05) is 40.1 Å². The van der Waals surface area contributed by atoms with Crippen LogP contribution in [0.5, 0.6) is 5.75 Å². The highest BCUT2D eigenvalue weighted by molar-refractivity contribution is 5.94. The number of aryl methyl sites for hydroxylation is 1. The van der Waals surface area contributed by atoms with Crippen molar-refractivity contribution in [1.29, 1.82) is 0 Å². The summed E-state index contributed by atoms with van der Waals surface area (Å²) in [5.74, 6) is -0.491. The standard InChI is InChI=1S/C47H60N4O10/c1-8-26-61-47(5,6)46(56)60-32-50(44(54)40(24-21-35-15-11-9-12-16-35)51(34(4)52)42-30-48-25-27-58-42)41(28-33(2)3)43(53)49-39(29-36-17-13-10-14-18-36)45(55)59-31-37-19-22-38(57-7)23-20-37/h1,9-20,22-23,33,39-42,48H,21,24-32H2,2-7H3,(H,49,53). The molecule has 1 saturated heterocycles. The molecule has 4 unspecified atom stereocenters. The van der Waals surface area contributed by atoms with Crippen LogP contribution in [0.4, 0.5) is 0 Å². The minimum atomic E-state index is -1.51. The molecular formula is C47H60N4O10. The van der Waals surface area contributed by atoms with Crippen LogP contribution in [0.2, 0.25) is 0 Å². The second-order valence-corrected chi connectivity index (χ2v) is 15.7. The molecule has 4 rings (SSSR count). The quantitative estimate of drug-likeness (QED) is 0.0837. The molecule has 328 valence electrons. The fourth-order valence-corrected chi connectivity index (χ4v) is 6.87. The van der Waals surface area contributed by atoms with Gasteiger partial charge in [0.05, 0.1) is 13.7 Å². The summed E-state index contributed by atoms with van der Waals surface area (Å²) in [7, 11) is 1.56. The molecular weight excluding hydrogens is 781 g/mol. The Hall–Kier alpha value is -5.75. The van der Waals surface area contributed by atoms with Crippen molar-refractivity contribution in [3.63, 3.8) is 0 Å². The van der Waals surface area contributed by atoms with Crippen LogP contribution in [0.1, 0.15) is 64.2 Å². The number of hydrogen-bond donors (Lipinski definition) is 2. The largest absolute Gasteiger partial charge is 0.497 e. The van der Waals surface area contributed by atoms with E-state index in [4.69, 9.17) is 30.1 Å². The van der Waals surface area contributed by atoms with E-state index < -0.39 is 66.3 Å². The molecule has 0 saturated carbocycles. The van der Waals surface area contributed by atoms with Crippen LogP contribution in [0.15, 0.2) is 84.9 Å². The topological polar surface area (TPSA) is 162 Å². The van der Waals surface area contributed by atoms with Gasteiger partial charge in [-0.1, -0.05) is 92.6 Å². The Morgan fingerprint density at radius 1 is 0.918 bits per heavy atom. The summed E-state index contributed by atoms with van der Waals surface area (Å²) in [6.07, 6.45) is 5.31. The molecule has 4 atom stereocenters. The molecule has 0 spiro atoms. The number of nitrogens with one attached hydrogen (secondary N) is 2. The predicted octanol–water partition coefficient (Wildman–Crippen LogP) is 4.43. The zero-order valence-electron chi connectivity index (χ0n) is 36.1. The zero-order valence-corrected chi connectivity index (χ0v) is 36.1. The fourth-order valence-electron chi connectivity index (χ4n) is 6.87. The molecule has 61 heavy (non-hydrogen) atoms. The zero-order chi connectivity index (χ0) is 44.4. The number of rotatable bonds is 22. The van der Waals surface area contributed by atoms with Gasteiger partial charge in [-0.05, 0) is 67.9 Å². The van der Waals surface area contributed by atoms with Crippen LogP contribution in [-0.4, -0.2) is 110 Å². The molecule has 1 fully saturated rings. The normalized spacial score (nSPS) is 15.3. The highest BCUT2D eigenvalue weighted by Crippen LogP contribution is 2.23. The third-order valence-corrected chi connectivity index (χ3v) is 10.2. The first kappa shape index (κ1) is 47.9. The maximum atomic E-state index is 15.4. The van der Waals surface area contributed by atoms with E-state index in [1.807, 2.05) is 74.5 Å².